The number of hydrogen-bond donors (Lipinski definition) is 1. The predicted octanol–water partition coefficient (Wildman–Crippen LogP) is 3.79. The van der Waals surface area contributed by atoms with Crippen LogP contribution in [0.2, 0.25) is 0 Å². The first-order valence-electron chi connectivity index (χ1n) is 6.15. The van der Waals surface area contributed by atoms with Gasteiger partial charge in [0.25, 0.3) is 0 Å². The van der Waals surface area contributed by atoms with E-state index in [1.807, 2.05) is 26.1 Å². The number of rotatable bonds is 4. The van der Waals surface area contributed by atoms with Crippen LogP contribution < -0.4 is 5.32 Å². The van der Waals surface area contributed by atoms with E-state index in [1.54, 1.807) is 12.3 Å². The van der Waals surface area contributed by atoms with Gasteiger partial charge in [-0.1, -0.05) is 18.2 Å². The van der Waals surface area contributed by atoms with E-state index in [0.29, 0.717) is 10.9 Å². The van der Waals surface area contributed by atoms with E-state index in [0.717, 1.165) is 16.8 Å². The van der Waals surface area contributed by atoms with Crippen molar-refractivity contribution in [2.45, 2.75) is 19.4 Å². The summed E-state index contributed by atoms with van der Waals surface area (Å²) in [6, 6.07) is 9.22. The highest BCUT2D eigenvalue weighted by atomic mass is 79.9. The van der Waals surface area contributed by atoms with Crippen LogP contribution in [0, 0.1) is 12.7 Å². The number of nitrogens with zero attached hydrogens (tertiary/aromatic N) is 1. The van der Waals surface area contributed by atoms with Gasteiger partial charge in [-0.05, 0) is 59.6 Å². The van der Waals surface area contributed by atoms with Gasteiger partial charge in [0.1, 0.15) is 5.82 Å². The Bertz CT molecular complexity index is 572. The van der Waals surface area contributed by atoms with Gasteiger partial charge in [0.2, 0.25) is 0 Å². The van der Waals surface area contributed by atoms with Crippen molar-refractivity contribution in [2.24, 2.45) is 0 Å². The van der Waals surface area contributed by atoms with Crippen molar-refractivity contribution in [3.63, 3.8) is 0 Å². The molecule has 0 amide bonds. The molecular formula is C15H16BrFN2. The number of aromatic nitrogens is 1. The van der Waals surface area contributed by atoms with Crippen molar-refractivity contribution in [2.75, 3.05) is 7.05 Å². The molecular weight excluding hydrogens is 307 g/mol. The number of pyridine rings is 1. The zero-order valence-corrected chi connectivity index (χ0v) is 12.5. The molecule has 100 valence electrons. The molecule has 2 rings (SSSR count). The van der Waals surface area contributed by atoms with Crippen LogP contribution in [0.1, 0.15) is 22.9 Å². The molecule has 1 N–H and O–H groups in total. The maximum absolute atomic E-state index is 13.5. The molecule has 0 aliphatic heterocycles. The number of halogens is 2. The summed E-state index contributed by atoms with van der Waals surface area (Å²) in [7, 11) is 1.91. The molecule has 1 unspecified atom stereocenters. The normalized spacial score (nSPS) is 12.4. The van der Waals surface area contributed by atoms with Crippen LogP contribution in [0.25, 0.3) is 0 Å². The summed E-state index contributed by atoms with van der Waals surface area (Å²) in [5.41, 5.74) is 3.08. The number of nitrogens with one attached hydrogen (secondary N) is 1. The summed E-state index contributed by atoms with van der Waals surface area (Å²) in [5, 5.41) is 3.27. The average molecular weight is 323 g/mol. The van der Waals surface area contributed by atoms with E-state index in [9.17, 15) is 4.39 Å². The van der Waals surface area contributed by atoms with Crippen LogP contribution >= 0.6 is 15.9 Å². The summed E-state index contributed by atoms with van der Waals surface area (Å²) in [5.74, 6) is -0.227. The lowest BCUT2D eigenvalue weighted by atomic mass is 9.98. The highest BCUT2D eigenvalue weighted by molar-refractivity contribution is 9.10. The third-order valence-corrected chi connectivity index (χ3v) is 4.12. The molecule has 1 atom stereocenters. The van der Waals surface area contributed by atoms with Crippen LogP contribution in [0.4, 0.5) is 4.39 Å². The van der Waals surface area contributed by atoms with Crippen molar-refractivity contribution in [3.05, 3.63) is 63.6 Å². The van der Waals surface area contributed by atoms with Gasteiger partial charge in [-0.15, -0.1) is 0 Å². The summed E-state index contributed by atoms with van der Waals surface area (Å²) >= 11 is 3.31. The number of aryl methyl sites for hydroxylation is 1. The molecule has 2 nitrogen and oxygen atoms in total. The van der Waals surface area contributed by atoms with Crippen LogP contribution in [0.3, 0.4) is 0 Å². The summed E-state index contributed by atoms with van der Waals surface area (Å²) in [4.78, 5) is 4.30. The van der Waals surface area contributed by atoms with E-state index < -0.39 is 0 Å². The van der Waals surface area contributed by atoms with Gasteiger partial charge < -0.3 is 5.32 Å². The van der Waals surface area contributed by atoms with Crippen molar-refractivity contribution in [1.82, 2.24) is 10.3 Å². The second kappa shape index (κ2) is 6.26. The third kappa shape index (κ3) is 3.19. The van der Waals surface area contributed by atoms with Gasteiger partial charge in [-0.2, -0.15) is 0 Å². The number of likely N-dealkylation sites (N-methyl/N-ethyl adjacent to an activating group) is 1. The minimum absolute atomic E-state index is 0.117. The van der Waals surface area contributed by atoms with E-state index >= 15 is 0 Å². The molecule has 0 aliphatic carbocycles. The first-order chi connectivity index (χ1) is 9.13. The highest BCUT2D eigenvalue weighted by Gasteiger charge is 2.15. The maximum atomic E-state index is 13.5. The second-order valence-corrected chi connectivity index (χ2v) is 5.23. The SMILES string of the molecule is CNC(Cc1cccc(F)c1Br)c1cccnc1C. The average Bonchev–Trinajstić information content (AvgIpc) is 2.41. The Morgan fingerprint density at radius 1 is 1.32 bits per heavy atom. The van der Waals surface area contributed by atoms with Crippen molar-refractivity contribution >= 4 is 15.9 Å². The number of hydrogen-bond acceptors (Lipinski definition) is 2. The maximum Gasteiger partial charge on any atom is 0.137 e. The topological polar surface area (TPSA) is 24.9 Å². The fourth-order valence-electron chi connectivity index (χ4n) is 2.16. The molecule has 0 saturated heterocycles. The molecule has 0 aliphatic rings. The molecule has 19 heavy (non-hydrogen) atoms. The molecule has 0 bridgehead atoms. The van der Waals surface area contributed by atoms with Gasteiger partial charge in [0.05, 0.1) is 4.47 Å². The molecule has 0 saturated carbocycles. The second-order valence-electron chi connectivity index (χ2n) is 4.44. The van der Waals surface area contributed by atoms with E-state index in [2.05, 4.69) is 32.3 Å². The lowest BCUT2D eigenvalue weighted by Crippen LogP contribution is -2.20. The first-order valence-corrected chi connectivity index (χ1v) is 6.94. The van der Waals surface area contributed by atoms with Gasteiger partial charge in [0.15, 0.2) is 0 Å². The van der Waals surface area contributed by atoms with Crippen LogP contribution in [-0.2, 0) is 6.42 Å². The van der Waals surface area contributed by atoms with E-state index in [-0.39, 0.29) is 11.9 Å². The third-order valence-electron chi connectivity index (χ3n) is 3.23. The monoisotopic (exact) mass is 322 g/mol. The standard InChI is InChI=1S/C15H16BrFN2/c1-10-12(6-4-8-19-10)14(18-2)9-11-5-3-7-13(17)15(11)16/h3-8,14,18H,9H2,1-2H3. The number of benzene rings is 1. The molecule has 1 heterocycles. The summed E-state index contributed by atoms with van der Waals surface area (Å²) < 4.78 is 14.1. The smallest absolute Gasteiger partial charge is 0.137 e. The zero-order chi connectivity index (χ0) is 13.8. The van der Waals surface area contributed by atoms with Crippen LogP contribution in [0.15, 0.2) is 41.0 Å². The summed E-state index contributed by atoms with van der Waals surface area (Å²) in [6.45, 7) is 1.99. The molecule has 1 aromatic heterocycles. The van der Waals surface area contributed by atoms with Gasteiger partial charge >= 0.3 is 0 Å². The fourth-order valence-corrected chi connectivity index (χ4v) is 2.58. The lowest BCUT2D eigenvalue weighted by Gasteiger charge is -2.19. The van der Waals surface area contributed by atoms with Crippen molar-refractivity contribution in [3.8, 4) is 0 Å². The van der Waals surface area contributed by atoms with Crippen molar-refractivity contribution in [1.29, 1.82) is 0 Å². The Balaban J connectivity index is 2.30. The lowest BCUT2D eigenvalue weighted by molar-refractivity contribution is 0.575. The minimum atomic E-state index is -0.227. The Morgan fingerprint density at radius 2 is 2.11 bits per heavy atom. The van der Waals surface area contributed by atoms with Gasteiger partial charge in [0, 0.05) is 17.9 Å². The largest absolute Gasteiger partial charge is 0.313 e. The van der Waals surface area contributed by atoms with E-state index in [1.165, 1.54) is 6.07 Å². The fraction of sp³-hybridized carbons (Fsp3) is 0.267. The van der Waals surface area contributed by atoms with E-state index in [4.69, 9.17) is 0 Å². The predicted molar refractivity (Wildman–Crippen MR) is 78.6 cm³/mol. The molecule has 4 heteroatoms. The molecule has 0 spiro atoms. The molecule has 0 radical (unpaired) electrons. The van der Waals surface area contributed by atoms with Crippen LogP contribution in [-0.4, -0.2) is 12.0 Å². The summed E-state index contributed by atoms with van der Waals surface area (Å²) in [6.07, 6.45) is 2.49. The Morgan fingerprint density at radius 3 is 2.79 bits per heavy atom. The van der Waals surface area contributed by atoms with Gasteiger partial charge in [-0.25, -0.2) is 4.39 Å². The molecule has 2 aromatic rings. The van der Waals surface area contributed by atoms with Gasteiger partial charge in [-0.3, -0.25) is 4.98 Å². The highest BCUT2D eigenvalue weighted by Crippen LogP contribution is 2.26. The Hall–Kier alpha value is -1.26. The quantitative estimate of drug-likeness (QED) is 0.926. The minimum Gasteiger partial charge on any atom is -0.313 e. The van der Waals surface area contributed by atoms with Crippen LogP contribution in [0.5, 0.6) is 0 Å². The van der Waals surface area contributed by atoms with Crippen molar-refractivity contribution < 1.29 is 4.39 Å². The molecule has 1 aromatic carbocycles. The Labute approximate surface area is 121 Å². The zero-order valence-electron chi connectivity index (χ0n) is 11.0. The first kappa shape index (κ1) is 14.2. The molecule has 0 fully saturated rings. The Kier molecular flexibility index (Phi) is 4.66.